The third-order valence-electron chi connectivity index (χ3n) is 3.99. The van der Waals surface area contributed by atoms with Gasteiger partial charge in [-0.15, -0.1) is 23.7 Å². The van der Waals surface area contributed by atoms with Gasteiger partial charge in [-0.3, -0.25) is 9.59 Å². The first kappa shape index (κ1) is 20.2. The van der Waals surface area contributed by atoms with Crippen molar-refractivity contribution in [3.8, 4) is 0 Å². The highest BCUT2D eigenvalue weighted by Gasteiger charge is 2.29. The largest absolute Gasteiger partial charge is 0.344 e. The molecule has 1 aliphatic heterocycles. The summed E-state index contributed by atoms with van der Waals surface area (Å²) in [5, 5.41) is 3.04. The van der Waals surface area contributed by atoms with Crippen LogP contribution in [0, 0.1) is 5.92 Å². The topological polar surface area (TPSA) is 52.7 Å². The molecule has 8 heteroatoms. The van der Waals surface area contributed by atoms with E-state index in [9.17, 15) is 9.59 Å². The lowest BCUT2D eigenvalue weighted by molar-refractivity contribution is -0.135. The number of amides is 2. The average molecular weight is 380 g/mol. The lowest BCUT2D eigenvalue weighted by atomic mass is 9.95. The van der Waals surface area contributed by atoms with Crippen LogP contribution < -0.4 is 5.32 Å². The molecule has 2 amide bonds. The maximum Gasteiger partial charge on any atom is 0.263 e. The van der Waals surface area contributed by atoms with Crippen molar-refractivity contribution in [2.75, 3.05) is 40.3 Å². The van der Waals surface area contributed by atoms with Crippen LogP contribution in [0.15, 0.2) is 12.1 Å². The number of halogens is 2. The number of nitrogens with one attached hydrogen (secondary N) is 1. The van der Waals surface area contributed by atoms with E-state index < -0.39 is 0 Å². The molecule has 2 heterocycles. The highest BCUT2D eigenvalue weighted by molar-refractivity contribution is 7.17. The van der Waals surface area contributed by atoms with Crippen molar-refractivity contribution in [3.05, 3.63) is 21.3 Å². The second-order valence-electron chi connectivity index (χ2n) is 5.53. The molecular weight excluding hydrogens is 357 g/mol. The SMILES string of the molecule is CNCCN(C)C(=O)C1CCN(C(=O)c2ccc(Cl)s2)CC1.Cl. The van der Waals surface area contributed by atoms with E-state index >= 15 is 0 Å². The first-order valence-corrected chi connectivity index (χ1v) is 8.66. The molecule has 1 aliphatic rings. The maximum absolute atomic E-state index is 12.3. The molecule has 130 valence electrons. The van der Waals surface area contributed by atoms with Crippen molar-refractivity contribution in [1.82, 2.24) is 15.1 Å². The number of rotatable bonds is 5. The van der Waals surface area contributed by atoms with Crippen LogP contribution in [-0.2, 0) is 4.79 Å². The van der Waals surface area contributed by atoms with Gasteiger partial charge in [-0.25, -0.2) is 0 Å². The van der Waals surface area contributed by atoms with E-state index in [1.54, 1.807) is 17.0 Å². The van der Waals surface area contributed by atoms with Gasteiger partial charge < -0.3 is 15.1 Å². The standard InChI is InChI=1S/C15H22ClN3O2S.ClH/c1-17-7-10-18(2)14(20)11-5-8-19(9-6-11)15(21)12-3-4-13(16)22-12;/h3-4,11,17H,5-10H2,1-2H3;1H. The summed E-state index contributed by atoms with van der Waals surface area (Å²) in [5.41, 5.74) is 0. The summed E-state index contributed by atoms with van der Waals surface area (Å²) in [6.45, 7) is 2.76. The molecule has 0 saturated carbocycles. The average Bonchev–Trinajstić information content (AvgIpc) is 2.97. The molecule has 23 heavy (non-hydrogen) atoms. The minimum atomic E-state index is 0. The van der Waals surface area contributed by atoms with E-state index in [-0.39, 0.29) is 30.1 Å². The first-order valence-electron chi connectivity index (χ1n) is 7.47. The number of piperidine rings is 1. The summed E-state index contributed by atoms with van der Waals surface area (Å²) in [7, 11) is 3.71. The monoisotopic (exact) mass is 379 g/mol. The molecule has 1 aromatic heterocycles. The second kappa shape index (κ2) is 9.47. The first-order chi connectivity index (χ1) is 10.5. The van der Waals surface area contributed by atoms with Crippen LogP contribution in [0.1, 0.15) is 22.5 Å². The molecule has 1 N–H and O–H groups in total. The number of carbonyl (C=O) groups is 2. The van der Waals surface area contributed by atoms with Gasteiger partial charge in [0.25, 0.3) is 5.91 Å². The molecular formula is C15H23Cl2N3O2S. The Bertz CT molecular complexity index is 531. The van der Waals surface area contributed by atoms with Crippen LogP contribution in [0.5, 0.6) is 0 Å². The molecule has 0 aromatic carbocycles. The van der Waals surface area contributed by atoms with Gasteiger partial charge in [0.1, 0.15) is 0 Å². The minimum absolute atomic E-state index is 0. The van der Waals surface area contributed by atoms with E-state index in [2.05, 4.69) is 5.32 Å². The number of carbonyl (C=O) groups excluding carboxylic acids is 2. The zero-order chi connectivity index (χ0) is 16.1. The number of likely N-dealkylation sites (N-methyl/N-ethyl adjacent to an activating group) is 2. The molecule has 5 nitrogen and oxygen atoms in total. The van der Waals surface area contributed by atoms with Gasteiger partial charge in [0.2, 0.25) is 5.91 Å². The van der Waals surface area contributed by atoms with Gasteiger partial charge >= 0.3 is 0 Å². The number of nitrogens with zero attached hydrogens (tertiary/aromatic N) is 2. The van der Waals surface area contributed by atoms with Crippen LogP contribution in [0.3, 0.4) is 0 Å². The molecule has 0 bridgehead atoms. The van der Waals surface area contributed by atoms with Gasteiger partial charge in [-0.05, 0) is 32.0 Å². The van der Waals surface area contributed by atoms with E-state index in [0.717, 1.165) is 19.4 Å². The number of thiophene rings is 1. The fraction of sp³-hybridized carbons (Fsp3) is 0.600. The van der Waals surface area contributed by atoms with Crippen molar-refractivity contribution in [2.24, 2.45) is 5.92 Å². The molecule has 1 saturated heterocycles. The summed E-state index contributed by atoms with van der Waals surface area (Å²) in [5.74, 6) is 0.227. The highest BCUT2D eigenvalue weighted by atomic mass is 35.5. The molecule has 1 fully saturated rings. The van der Waals surface area contributed by atoms with Crippen molar-refractivity contribution in [1.29, 1.82) is 0 Å². The Balaban J connectivity index is 0.00000264. The molecule has 1 aromatic rings. The molecule has 2 rings (SSSR count). The van der Waals surface area contributed by atoms with E-state index in [1.165, 1.54) is 11.3 Å². The van der Waals surface area contributed by atoms with Gasteiger partial charge in [0.05, 0.1) is 9.21 Å². The van der Waals surface area contributed by atoms with Crippen LogP contribution in [0.2, 0.25) is 4.34 Å². The fourth-order valence-corrected chi connectivity index (χ4v) is 3.63. The van der Waals surface area contributed by atoms with Crippen molar-refractivity contribution < 1.29 is 9.59 Å². The van der Waals surface area contributed by atoms with Crippen LogP contribution >= 0.6 is 35.3 Å². The second-order valence-corrected chi connectivity index (χ2v) is 7.25. The minimum Gasteiger partial charge on any atom is -0.344 e. The van der Waals surface area contributed by atoms with Gasteiger partial charge in [-0.1, -0.05) is 11.6 Å². The Labute approximate surface area is 152 Å². The van der Waals surface area contributed by atoms with E-state index in [0.29, 0.717) is 28.8 Å². The number of likely N-dealkylation sites (tertiary alicyclic amines) is 1. The normalized spacial score (nSPS) is 15.2. The van der Waals surface area contributed by atoms with E-state index in [4.69, 9.17) is 11.6 Å². The zero-order valence-corrected chi connectivity index (χ0v) is 15.8. The van der Waals surface area contributed by atoms with Crippen LogP contribution in [0.4, 0.5) is 0 Å². The molecule has 0 unspecified atom stereocenters. The lowest BCUT2D eigenvalue weighted by Gasteiger charge is -2.33. The Morgan fingerprint density at radius 2 is 2.04 bits per heavy atom. The van der Waals surface area contributed by atoms with E-state index in [1.807, 2.05) is 19.0 Å². The highest BCUT2D eigenvalue weighted by Crippen LogP contribution is 2.25. The smallest absolute Gasteiger partial charge is 0.263 e. The van der Waals surface area contributed by atoms with Crippen molar-refractivity contribution in [3.63, 3.8) is 0 Å². The summed E-state index contributed by atoms with van der Waals surface area (Å²) in [6.07, 6.45) is 1.46. The maximum atomic E-state index is 12.3. The summed E-state index contributed by atoms with van der Waals surface area (Å²) < 4.78 is 0.625. The van der Waals surface area contributed by atoms with Gasteiger partial charge in [0, 0.05) is 39.1 Å². The Hall–Kier alpha value is -0.820. The molecule has 0 spiro atoms. The predicted molar refractivity (Wildman–Crippen MR) is 96.8 cm³/mol. The van der Waals surface area contributed by atoms with Crippen LogP contribution in [-0.4, -0.2) is 61.9 Å². The van der Waals surface area contributed by atoms with Gasteiger partial charge in [-0.2, -0.15) is 0 Å². The zero-order valence-electron chi connectivity index (χ0n) is 13.4. The molecule has 0 aliphatic carbocycles. The third kappa shape index (κ3) is 5.35. The third-order valence-corrected chi connectivity index (χ3v) is 5.21. The molecule has 0 atom stereocenters. The Kier molecular flexibility index (Phi) is 8.33. The fourth-order valence-electron chi connectivity index (χ4n) is 2.62. The summed E-state index contributed by atoms with van der Waals surface area (Å²) in [6, 6.07) is 3.50. The summed E-state index contributed by atoms with van der Waals surface area (Å²) >= 11 is 7.18. The number of hydrogen-bond donors (Lipinski definition) is 1. The molecule has 0 radical (unpaired) electrons. The van der Waals surface area contributed by atoms with Crippen molar-refractivity contribution in [2.45, 2.75) is 12.8 Å². The quantitative estimate of drug-likeness (QED) is 0.853. The lowest BCUT2D eigenvalue weighted by Crippen LogP contribution is -2.44. The number of hydrogen-bond acceptors (Lipinski definition) is 4. The Morgan fingerprint density at radius 3 is 2.57 bits per heavy atom. The predicted octanol–water partition coefficient (Wildman–Crippen LogP) is 2.35. The van der Waals surface area contributed by atoms with Gasteiger partial charge in [0.15, 0.2) is 0 Å². The van der Waals surface area contributed by atoms with Crippen LogP contribution in [0.25, 0.3) is 0 Å². The Morgan fingerprint density at radius 1 is 1.39 bits per heavy atom. The van der Waals surface area contributed by atoms with Crippen molar-refractivity contribution >= 4 is 47.2 Å². The summed E-state index contributed by atoms with van der Waals surface area (Å²) in [4.78, 5) is 28.9.